The molecule has 0 atom stereocenters. The van der Waals surface area contributed by atoms with Gasteiger partial charge in [0.05, 0.1) is 0 Å². The first-order valence-electron chi connectivity index (χ1n) is 4.53. The van der Waals surface area contributed by atoms with Crippen LogP contribution in [0.4, 0.5) is 18.0 Å². The molecule has 18 heavy (non-hydrogen) atoms. The summed E-state index contributed by atoms with van der Waals surface area (Å²) in [6, 6.07) is 0. The van der Waals surface area contributed by atoms with E-state index < -0.39 is 29.8 Å². The lowest BCUT2D eigenvalue weighted by Crippen LogP contribution is -2.39. The van der Waals surface area contributed by atoms with Gasteiger partial charge in [0.1, 0.15) is 5.60 Å². The van der Waals surface area contributed by atoms with Crippen molar-refractivity contribution in [3.05, 3.63) is 0 Å². The van der Waals surface area contributed by atoms with Gasteiger partial charge in [-0.3, -0.25) is 0 Å². The van der Waals surface area contributed by atoms with Gasteiger partial charge in [-0.05, 0) is 20.8 Å². The Morgan fingerprint density at radius 1 is 1.22 bits per heavy atom. The molecule has 10 heteroatoms. The number of carbonyl (C=O) groups excluding carboxylic acids is 2. The molecule has 0 bridgehead atoms. The van der Waals surface area contributed by atoms with E-state index in [9.17, 15) is 22.8 Å². The Balaban J connectivity index is 4.30. The van der Waals surface area contributed by atoms with Crippen molar-refractivity contribution < 1.29 is 32.3 Å². The van der Waals surface area contributed by atoms with Gasteiger partial charge in [-0.25, -0.2) is 9.59 Å². The highest BCUT2D eigenvalue weighted by Crippen LogP contribution is 2.15. The Kier molecular flexibility index (Phi) is 4.94. The number of ether oxygens (including phenoxy) is 1. The summed E-state index contributed by atoms with van der Waals surface area (Å²) < 4.78 is 39.8. The van der Waals surface area contributed by atoms with Crippen LogP contribution in [0.3, 0.4) is 0 Å². The summed E-state index contributed by atoms with van der Waals surface area (Å²) in [5, 5.41) is 0. The highest BCUT2D eigenvalue weighted by atomic mass is 19.4. The Bertz CT molecular complexity index is 360. The van der Waals surface area contributed by atoms with E-state index in [1.165, 1.54) is 5.48 Å². The van der Waals surface area contributed by atoms with E-state index in [0.29, 0.717) is 0 Å². The number of aliphatic imine (C=N–C) groups is 1. The van der Waals surface area contributed by atoms with Crippen LogP contribution in [0, 0.1) is 0 Å². The van der Waals surface area contributed by atoms with Crippen LogP contribution in [0.5, 0.6) is 0 Å². The molecule has 7 nitrogen and oxygen atoms in total. The third kappa shape index (κ3) is 7.30. The molecule has 0 aromatic rings. The van der Waals surface area contributed by atoms with Crippen LogP contribution >= 0.6 is 0 Å². The number of carbonyl (C=O) groups is 2. The average molecular weight is 271 g/mol. The first-order valence-corrected chi connectivity index (χ1v) is 4.53. The Morgan fingerprint density at radius 2 is 1.72 bits per heavy atom. The normalized spacial score (nSPS) is 12.9. The van der Waals surface area contributed by atoms with E-state index in [-0.39, 0.29) is 0 Å². The Morgan fingerprint density at radius 3 is 2.11 bits per heavy atom. The molecule has 0 aliphatic rings. The third-order valence-corrected chi connectivity index (χ3v) is 1.08. The summed E-state index contributed by atoms with van der Waals surface area (Å²) in [7, 11) is 0. The van der Waals surface area contributed by atoms with Gasteiger partial charge >= 0.3 is 18.2 Å². The molecule has 0 saturated heterocycles. The van der Waals surface area contributed by atoms with E-state index in [1.54, 1.807) is 20.8 Å². The van der Waals surface area contributed by atoms with E-state index >= 15 is 0 Å². The van der Waals surface area contributed by atoms with Crippen LogP contribution in [0.15, 0.2) is 4.99 Å². The van der Waals surface area contributed by atoms with E-state index in [1.807, 2.05) is 0 Å². The second kappa shape index (κ2) is 5.56. The van der Waals surface area contributed by atoms with Crippen molar-refractivity contribution >= 4 is 18.0 Å². The number of hydrogen-bond donors (Lipinski definition) is 2. The summed E-state index contributed by atoms with van der Waals surface area (Å²) in [5.41, 5.74) is 5.50. The van der Waals surface area contributed by atoms with E-state index in [0.717, 1.165) is 0 Å². The van der Waals surface area contributed by atoms with Crippen molar-refractivity contribution in [3.63, 3.8) is 0 Å². The second-order valence-electron chi connectivity index (χ2n) is 3.97. The number of halogens is 3. The number of nitrogens with zero attached hydrogens (tertiary/aromatic N) is 1. The van der Waals surface area contributed by atoms with Crippen LogP contribution in [0.25, 0.3) is 0 Å². The van der Waals surface area contributed by atoms with Crippen LogP contribution in [-0.4, -0.2) is 29.8 Å². The topological polar surface area (TPSA) is 103 Å². The van der Waals surface area contributed by atoms with Crippen LogP contribution in [0.1, 0.15) is 20.8 Å². The molecule has 0 aromatic heterocycles. The monoisotopic (exact) mass is 271 g/mol. The highest BCUT2D eigenvalue weighted by molar-refractivity contribution is 5.89. The summed E-state index contributed by atoms with van der Waals surface area (Å²) in [6.45, 7) is 4.65. The Labute approximate surface area is 100 Å². The van der Waals surface area contributed by atoms with E-state index in [2.05, 4.69) is 14.6 Å². The molecule has 1 amide bonds. The fourth-order valence-corrected chi connectivity index (χ4v) is 0.562. The standard InChI is InChI=1S/C8H12F3N3O4/c1-7(2,3)17-6(16)13-5(12)14-18-4(15)8(9,10)11/h1-3H3,(H3,12,13,14,16). The van der Waals surface area contributed by atoms with Gasteiger partial charge in [0.25, 0.3) is 0 Å². The zero-order valence-electron chi connectivity index (χ0n) is 9.79. The van der Waals surface area contributed by atoms with Gasteiger partial charge in [0.15, 0.2) is 0 Å². The molecule has 0 fully saturated rings. The van der Waals surface area contributed by atoms with Gasteiger partial charge in [0, 0.05) is 0 Å². The molecule has 0 heterocycles. The maximum atomic E-state index is 11.7. The molecule has 0 rings (SSSR count). The van der Waals surface area contributed by atoms with Gasteiger partial charge in [-0.2, -0.15) is 18.7 Å². The van der Waals surface area contributed by atoms with Gasteiger partial charge < -0.3 is 15.3 Å². The van der Waals surface area contributed by atoms with Crippen LogP contribution < -0.4 is 11.2 Å². The number of hydroxylamine groups is 1. The van der Waals surface area contributed by atoms with Crippen molar-refractivity contribution in [2.75, 3.05) is 0 Å². The van der Waals surface area contributed by atoms with Crippen LogP contribution in [0.2, 0.25) is 0 Å². The fraction of sp³-hybridized carbons (Fsp3) is 0.625. The third-order valence-electron chi connectivity index (χ3n) is 1.08. The molecule has 3 N–H and O–H groups in total. The quantitative estimate of drug-likeness (QED) is 0.384. The summed E-state index contributed by atoms with van der Waals surface area (Å²) in [6.07, 6.45) is -6.32. The van der Waals surface area contributed by atoms with Gasteiger partial charge in [-0.1, -0.05) is 0 Å². The fourth-order valence-electron chi connectivity index (χ4n) is 0.562. The van der Waals surface area contributed by atoms with Crippen LogP contribution in [-0.2, 0) is 14.4 Å². The molecule has 0 aromatic carbocycles. The summed E-state index contributed by atoms with van der Waals surface area (Å²) in [5.74, 6) is -3.37. The predicted octanol–water partition coefficient (Wildman–Crippen LogP) is 0.846. The zero-order valence-corrected chi connectivity index (χ0v) is 9.79. The van der Waals surface area contributed by atoms with Crippen molar-refractivity contribution in [1.82, 2.24) is 5.48 Å². The molecular weight excluding hydrogens is 259 g/mol. The van der Waals surface area contributed by atoms with E-state index in [4.69, 9.17) is 5.73 Å². The second-order valence-corrected chi connectivity index (χ2v) is 3.97. The summed E-state index contributed by atoms with van der Waals surface area (Å²) in [4.78, 5) is 27.8. The number of hydrogen-bond acceptors (Lipinski definition) is 4. The molecular formula is C8H12F3N3O4. The predicted molar refractivity (Wildman–Crippen MR) is 53.1 cm³/mol. The van der Waals surface area contributed by atoms with Crippen molar-refractivity contribution in [2.24, 2.45) is 10.7 Å². The number of alkyl halides is 3. The Hall–Kier alpha value is -2.00. The number of amides is 1. The molecule has 0 aliphatic carbocycles. The van der Waals surface area contributed by atoms with Gasteiger partial charge in [-0.15, -0.1) is 4.99 Å². The molecule has 0 aliphatic heterocycles. The lowest BCUT2D eigenvalue weighted by atomic mass is 10.2. The summed E-state index contributed by atoms with van der Waals surface area (Å²) >= 11 is 0. The number of rotatable bonds is 0. The molecule has 0 radical (unpaired) electrons. The zero-order chi connectivity index (χ0) is 14.6. The largest absolute Gasteiger partial charge is 0.493 e. The highest BCUT2D eigenvalue weighted by Gasteiger charge is 2.41. The minimum absolute atomic E-state index is 0.844. The first kappa shape index (κ1) is 16.0. The molecule has 0 unspecified atom stereocenters. The maximum absolute atomic E-state index is 11.7. The lowest BCUT2D eigenvalue weighted by Gasteiger charge is -2.17. The minimum atomic E-state index is -5.18. The van der Waals surface area contributed by atoms with Crippen molar-refractivity contribution in [1.29, 1.82) is 0 Å². The van der Waals surface area contributed by atoms with Crippen molar-refractivity contribution in [3.8, 4) is 0 Å². The lowest BCUT2D eigenvalue weighted by molar-refractivity contribution is -0.203. The molecule has 104 valence electrons. The molecule has 0 saturated carbocycles. The smallest absolute Gasteiger partial charge is 0.442 e. The van der Waals surface area contributed by atoms with Crippen molar-refractivity contribution in [2.45, 2.75) is 32.5 Å². The minimum Gasteiger partial charge on any atom is -0.442 e. The number of guanidine groups is 1. The maximum Gasteiger partial charge on any atom is 0.493 e. The molecule has 0 spiro atoms. The van der Waals surface area contributed by atoms with Gasteiger partial charge in [0.2, 0.25) is 5.96 Å². The SMILES string of the molecule is CC(C)(C)OC(=O)N=C(N)NOC(=O)C(F)(F)F. The first-order chi connectivity index (χ1) is 7.92. The number of nitrogens with two attached hydrogens (primary N) is 1. The average Bonchev–Trinajstić information content (AvgIpc) is 2.08. The number of nitrogens with one attached hydrogen (secondary N) is 1.